The molecule has 28 heavy (non-hydrogen) atoms. The minimum absolute atomic E-state index is 0.0612. The van der Waals surface area contributed by atoms with Gasteiger partial charge in [0.2, 0.25) is 0 Å². The fourth-order valence-corrected chi connectivity index (χ4v) is 3.75. The third kappa shape index (κ3) is 4.23. The maximum atomic E-state index is 12.5. The van der Waals surface area contributed by atoms with Gasteiger partial charge in [0.25, 0.3) is 11.8 Å². The normalized spacial score (nSPS) is 14.0. The van der Waals surface area contributed by atoms with Crippen molar-refractivity contribution in [3.8, 4) is 11.3 Å². The summed E-state index contributed by atoms with van der Waals surface area (Å²) in [6, 6.07) is 11.0. The van der Waals surface area contributed by atoms with E-state index in [0.717, 1.165) is 18.4 Å². The summed E-state index contributed by atoms with van der Waals surface area (Å²) in [6.07, 6.45) is 4.44. The summed E-state index contributed by atoms with van der Waals surface area (Å²) < 4.78 is 0. The molecule has 2 heterocycles. The number of carbonyl (C=O) groups excluding carboxylic acids is 2. The molecule has 7 nitrogen and oxygen atoms in total. The van der Waals surface area contributed by atoms with Gasteiger partial charge in [-0.25, -0.2) is 4.98 Å². The second-order valence-corrected chi connectivity index (χ2v) is 7.39. The van der Waals surface area contributed by atoms with Crippen LogP contribution >= 0.6 is 11.3 Å². The van der Waals surface area contributed by atoms with Gasteiger partial charge in [0.1, 0.15) is 5.69 Å². The molecule has 2 aromatic heterocycles. The Balaban J connectivity index is 1.45. The molecule has 1 aliphatic carbocycles. The van der Waals surface area contributed by atoms with Gasteiger partial charge in [0.05, 0.1) is 11.2 Å². The van der Waals surface area contributed by atoms with Crippen LogP contribution < -0.4 is 10.6 Å². The summed E-state index contributed by atoms with van der Waals surface area (Å²) in [5.74, 6) is -0.0420. The Morgan fingerprint density at radius 3 is 2.61 bits per heavy atom. The maximum Gasteiger partial charge on any atom is 0.276 e. The number of rotatable bonds is 5. The van der Waals surface area contributed by atoms with Gasteiger partial charge in [-0.3, -0.25) is 9.59 Å². The summed E-state index contributed by atoms with van der Waals surface area (Å²) in [5, 5.41) is 15.6. The van der Waals surface area contributed by atoms with E-state index >= 15 is 0 Å². The average molecular weight is 393 g/mol. The molecule has 0 aliphatic heterocycles. The van der Waals surface area contributed by atoms with Crippen molar-refractivity contribution >= 4 is 29.0 Å². The predicted octanol–water partition coefficient (Wildman–Crippen LogP) is 3.52. The summed E-state index contributed by atoms with van der Waals surface area (Å²) >= 11 is 1.35. The van der Waals surface area contributed by atoms with Crippen molar-refractivity contribution in [3.63, 3.8) is 0 Å². The van der Waals surface area contributed by atoms with Crippen LogP contribution in [-0.4, -0.2) is 33.0 Å². The van der Waals surface area contributed by atoms with Crippen molar-refractivity contribution < 1.29 is 9.59 Å². The van der Waals surface area contributed by atoms with Crippen LogP contribution in [0.4, 0.5) is 5.82 Å². The molecule has 2 N–H and O–H groups in total. The standard InChI is InChI=1S/C20H19N5O2S/c26-19(22-15-6-1-2-7-15)14-5-3-4-13(10-14)16-8-9-18(25-24-16)23-20(27)17-11-28-12-21-17/h3-5,8-12,15H,1-2,6-7H2,(H,22,26)(H,23,25,27). The fourth-order valence-electron chi connectivity index (χ4n) is 3.22. The largest absolute Gasteiger partial charge is 0.349 e. The summed E-state index contributed by atoms with van der Waals surface area (Å²) in [4.78, 5) is 28.4. The van der Waals surface area contributed by atoms with Crippen molar-refractivity contribution in [2.24, 2.45) is 0 Å². The molecule has 1 aromatic carbocycles. The third-order valence-corrected chi connectivity index (χ3v) is 5.27. The number of anilines is 1. The highest BCUT2D eigenvalue weighted by atomic mass is 32.1. The van der Waals surface area contributed by atoms with Crippen molar-refractivity contribution in [3.05, 3.63) is 58.5 Å². The van der Waals surface area contributed by atoms with Gasteiger partial charge in [-0.15, -0.1) is 21.5 Å². The third-order valence-electron chi connectivity index (χ3n) is 4.68. The zero-order valence-corrected chi connectivity index (χ0v) is 15.9. The lowest BCUT2D eigenvalue weighted by molar-refractivity contribution is 0.0937. The Labute approximate surface area is 166 Å². The second kappa shape index (κ2) is 8.26. The van der Waals surface area contributed by atoms with Gasteiger partial charge in [0.15, 0.2) is 5.82 Å². The minimum Gasteiger partial charge on any atom is -0.349 e. The van der Waals surface area contributed by atoms with E-state index in [1.54, 1.807) is 29.1 Å². The van der Waals surface area contributed by atoms with Crippen LogP contribution in [0.25, 0.3) is 11.3 Å². The SMILES string of the molecule is O=C(NC1CCCC1)c1cccc(-c2ccc(NC(=O)c3cscn3)nn2)c1. The van der Waals surface area contributed by atoms with Crippen molar-refractivity contribution in [1.29, 1.82) is 0 Å². The van der Waals surface area contributed by atoms with E-state index < -0.39 is 0 Å². The molecule has 2 amide bonds. The number of aromatic nitrogens is 3. The molecule has 3 aromatic rings. The van der Waals surface area contributed by atoms with Gasteiger partial charge in [-0.1, -0.05) is 25.0 Å². The van der Waals surface area contributed by atoms with Crippen LogP contribution in [0.2, 0.25) is 0 Å². The molecular weight excluding hydrogens is 374 g/mol. The molecule has 4 rings (SSSR count). The zero-order chi connectivity index (χ0) is 19.3. The molecular formula is C20H19N5O2S. The molecule has 8 heteroatoms. The lowest BCUT2D eigenvalue weighted by Crippen LogP contribution is -2.32. The molecule has 0 unspecified atom stereocenters. The molecule has 0 radical (unpaired) electrons. The Bertz CT molecular complexity index is 967. The number of nitrogens with one attached hydrogen (secondary N) is 2. The van der Waals surface area contributed by atoms with Crippen LogP contribution in [0.15, 0.2) is 47.3 Å². The van der Waals surface area contributed by atoms with Gasteiger partial charge < -0.3 is 10.6 Å². The number of nitrogens with zero attached hydrogens (tertiary/aromatic N) is 3. The Kier molecular flexibility index (Phi) is 5.38. The summed E-state index contributed by atoms with van der Waals surface area (Å²) in [5.41, 5.74) is 3.97. The first-order chi connectivity index (χ1) is 13.7. The fraction of sp³-hybridized carbons (Fsp3) is 0.250. The van der Waals surface area contributed by atoms with E-state index in [1.165, 1.54) is 24.2 Å². The summed E-state index contributed by atoms with van der Waals surface area (Å²) in [7, 11) is 0. The average Bonchev–Trinajstić information content (AvgIpc) is 3.43. The van der Waals surface area contributed by atoms with Crippen LogP contribution in [0, 0.1) is 0 Å². The van der Waals surface area contributed by atoms with Crippen molar-refractivity contribution in [1.82, 2.24) is 20.5 Å². The van der Waals surface area contributed by atoms with Gasteiger partial charge in [-0.05, 0) is 37.1 Å². The predicted molar refractivity (Wildman–Crippen MR) is 107 cm³/mol. The molecule has 0 spiro atoms. The smallest absolute Gasteiger partial charge is 0.276 e. The Hall–Kier alpha value is -3.13. The van der Waals surface area contributed by atoms with Crippen LogP contribution in [0.5, 0.6) is 0 Å². The number of hydrogen-bond acceptors (Lipinski definition) is 6. The van der Waals surface area contributed by atoms with E-state index in [0.29, 0.717) is 22.8 Å². The van der Waals surface area contributed by atoms with E-state index in [-0.39, 0.29) is 17.9 Å². The lowest BCUT2D eigenvalue weighted by Gasteiger charge is -2.12. The first kappa shape index (κ1) is 18.2. The molecule has 1 saturated carbocycles. The number of amides is 2. The monoisotopic (exact) mass is 393 g/mol. The van der Waals surface area contributed by atoms with Gasteiger partial charge in [-0.2, -0.15) is 0 Å². The quantitative estimate of drug-likeness (QED) is 0.691. The minimum atomic E-state index is -0.325. The van der Waals surface area contributed by atoms with Crippen LogP contribution in [0.3, 0.4) is 0 Å². The lowest BCUT2D eigenvalue weighted by atomic mass is 10.1. The highest BCUT2D eigenvalue weighted by Gasteiger charge is 2.18. The first-order valence-electron chi connectivity index (χ1n) is 9.13. The number of hydrogen-bond donors (Lipinski definition) is 2. The van der Waals surface area contributed by atoms with E-state index in [9.17, 15) is 9.59 Å². The van der Waals surface area contributed by atoms with Crippen molar-refractivity contribution in [2.45, 2.75) is 31.7 Å². The van der Waals surface area contributed by atoms with Crippen molar-refractivity contribution in [2.75, 3.05) is 5.32 Å². The topological polar surface area (TPSA) is 96.9 Å². The summed E-state index contributed by atoms with van der Waals surface area (Å²) in [6.45, 7) is 0. The highest BCUT2D eigenvalue weighted by molar-refractivity contribution is 7.07. The molecule has 142 valence electrons. The van der Waals surface area contributed by atoms with Crippen LogP contribution in [0.1, 0.15) is 46.5 Å². The second-order valence-electron chi connectivity index (χ2n) is 6.67. The maximum absolute atomic E-state index is 12.5. The van der Waals surface area contributed by atoms with E-state index in [1.807, 2.05) is 18.2 Å². The number of thiazole rings is 1. The highest BCUT2D eigenvalue weighted by Crippen LogP contribution is 2.21. The molecule has 0 saturated heterocycles. The van der Waals surface area contributed by atoms with Gasteiger partial charge in [0, 0.05) is 22.5 Å². The molecule has 1 fully saturated rings. The Morgan fingerprint density at radius 2 is 1.89 bits per heavy atom. The van der Waals surface area contributed by atoms with Gasteiger partial charge >= 0.3 is 0 Å². The van der Waals surface area contributed by atoms with E-state index in [4.69, 9.17) is 0 Å². The number of carbonyl (C=O) groups is 2. The van der Waals surface area contributed by atoms with Crippen LogP contribution in [-0.2, 0) is 0 Å². The van der Waals surface area contributed by atoms with E-state index in [2.05, 4.69) is 25.8 Å². The zero-order valence-electron chi connectivity index (χ0n) is 15.1. The molecule has 1 aliphatic rings. The first-order valence-corrected chi connectivity index (χ1v) is 10.1. The Morgan fingerprint density at radius 1 is 1.04 bits per heavy atom. The molecule has 0 atom stereocenters. The number of benzene rings is 1. The molecule has 0 bridgehead atoms.